The van der Waals surface area contributed by atoms with Crippen LogP contribution in [0.2, 0.25) is 10.0 Å². The van der Waals surface area contributed by atoms with Gasteiger partial charge < -0.3 is 15.6 Å². The smallest absolute Gasteiger partial charge is 0.269 e. The second-order valence-electron chi connectivity index (χ2n) is 5.27. The molecule has 1 fully saturated rings. The highest BCUT2D eigenvalue weighted by molar-refractivity contribution is 6.44. The lowest BCUT2D eigenvalue weighted by Gasteiger charge is -2.32. The van der Waals surface area contributed by atoms with Crippen molar-refractivity contribution in [1.29, 1.82) is 0 Å². The summed E-state index contributed by atoms with van der Waals surface area (Å²) < 4.78 is 1.76. The number of aromatic nitrogens is 4. The fourth-order valence-electron chi connectivity index (χ4n) is 2.65. The Morgan fingerprint density at radius 2 is 2.12 bits per heavy atom. The molecule has 0 radical (unpaired) electrons. The number of nitrogens with one attached hydrogen (secondary N) is 3. The standard InChI is InChI=1S/C13H16Cl2N6O.2ClH/c1-7-10(14)11(15)12(19-7)13(22)20-8-2-3-16-4-9(8)21-6-17-5-18-21;;/h5-6,8-9,16,19H,2-4H2,1H3,(H,20,22);2*1H/t8-,9+;;/m0../s1. The molecule has 0 aromatic carbocycles. The molecule has 11 heteroatoms. The summed E-state index contributed by atoms with van der Waals surface area (Å²) in [6, 6.07) is -0.0561. The van der Waals surface area contributed by atoms with E-state index in [-0.39, 0.29) is 47.8 Å². The average molecular weight is 416 g/mol. The second-order valence-corrected chi connectivity index (χ2v) is 6.02. The van der Waals surface area contributed by atoms with Gasteiger partial charge in [0.05, 0.1) is 22.1 Å². The van der Waals surface area contributed by atoms with Crippen molar-refractivity contribution in [2.75, 3.05) is 13.1 Å². The van der Waals surface area contributed by atoms with Crippen LogP contribution in [0.5, 0.6) is 0 Å². The Labute approximate surface area is 161 Å². The lowest BCUT2D eigenvalue weighted by molar-refractivity contribution is 0.0905. The highest BCUT2D eigenvalue weighted by atomic mass is 35.5. The van der Waals surface area contributed by atoms with Gasteiger partial charge in [-0.05, 0) is 19.9 Å². The van der Waals surface area contributed by atoms with Crippen LogP contribution >= 0.6 is 48.0 Å². The molecule has 2 aromatic heterocycles. The van der Waals surface area contributed by atoms with Crippen molar-refractivity contribution in [2.45, 2.75) is 25.4 Å². The van der Waals surface area contributed by atoms with Crippen LogP contribution < -0.4 is 10.6 Å². The zero-order valence-electron chi connectivity index (χ0n) is 12.8. The highest BCUT2D eigenvalue weighted by Crippen LogP contribution is 2.29. The molecule has 7 nitrogen and oxygen atoms in total. The van der Waals surface area contributed by atoms with E-state index in [9.17, 15) is 4.79 Å². The largest absolute Gasteiger partial charge is 0.352 e. The van der Waals surface area contributed by atoms with Gasteiger partial charge in [0.1, 0.15) is 18.3 Å². The van der Waals surface area contributed by atoms with E-state index in [2.05, 4.69) is 25.7 Å². The second kappa shape index (κ2) is 8.92. The number of aromatic amines is 1. The van der Waals surface area contributed by atoms with E-state index >= 15 is 0 Å². The summed E-state index contributed by atoms with van der Waals surface area (Å²) in [6.45, 7) is 3.31. The Balaban J connectivity index is 0.00000144. The first-order valence-electron chi connectivity index (χ1n) is 6.97. The van der Waals surface area contributed by atoms with Gasteiger partial charge in [0.15, 0.2) is 0 Å². The molecule has 0 unspecified atom stereocenters. The highest BCUT2D eigenvalue weighted by Gasteiger charge is 2.30. The van der Waals surface area contributed by atoms with Crippen molar-refractivity contribution in [1.82, 2.24) is 30.4 Å². The third kappa shape index (κ3) is 4.15. The molecular weight excluding hydrogens is 398 g/mol. The van der Waals surface area contributed by atoms with Crippen molar-refractivity contribution < 1.29 is 4.79 Å². The van der Waals surface area contributed by atoms with Gasteiger partial charge in [0.2, 0.25) is 0 Å². The van der Waals surface area contributed by atoms with E-state index in [0.717, 1.165) is 13.0 Å². The molecule has 1 aliphatic heterocycles. The normalized spacial score (nSPS) is 20.0. The van der Waals surface area contributed by atoms with Crippen LogP contribution in [0, 0.1) is 6.92 Å². The molecule has 24 heavy (non-hydrogen) atoms. The number of aryl methyl sites for hydroxylation is 1. The molecule has 1 saturated heterocycles. The molecule has 1 amide bonds. The van der Waals surface area contributed by atoms with E-state index in [0.29, 0.717) is 23.0 Å². The molecule has 3 heterocycles. The molecule has 134 valence electrons. The number of halogens is 4. The van der Waals surface area contributed by atoms with Crippen molar-refractivity contribution in [3.05, 3.63) is 34.1 Å². The van der Waals surface area contributed by atoms with Crippen LogP contribution in [0.3, 0.4) is 0 Å². The Morgan fingerprint density at radius 1 is 1.38 bits per heavy atom. The molecule has 0 spiro atoms. The van der Waals surface area contributed by atoms with Gasteiger partial charge >= 0.3 is 0 Å². The van der Waals surface area contributed by atoms with Crippen LogP contribution in [0.1, 0.15) is 28.6 Å². The van der Waals surface area contributed by atoms with Crippen LogP contribution in [-0.2, 0) is 0 Å². The van der Waals surface area contributed by atoms with E-state index in [4.69, 9.17) is 23.2 Å². The van der Waals surface area contributed by atoms with Crippen LogP contribution in [0.4, 0.5) is 0 Å². The maximum absolute atomic E-state index is 12.5. The minimum absolute atomic E-state index is 0. The number of piperidine rings is 1. The first-order valence-corrected chi connectivity index (χ1v) is 7.72. The third-order valence-corrected chi connectivity index (χ3v) is 4.77. The lowest BCUT2D eigenvalue weighted by atomic mass is 10.0. The van der Waals surface area contributed by atoms with E-state index in [1.165, 1.54) is 6.33 Å². The Bertz CT molecular complexity index is 674. The summed E-state index contributed by atoms with van der Waals surface area (Å²) in [5.74, 6) is -0.267. The first kappa shape index (κ1) is 21.1. The fraction of sp³-hybridized carbons (Fsp3) is 0.462. The maximum atomic E-state index is 12.5. The Morgan fingerprint density at radius 3 is 2.71 bits per heavy atom. The van der Waals surface area contributed by atoms with Gasteiger partial charge in [-0.3, -0.25) is 4.79 Å². The predicted octanol–water partition coefficient (Wildman–Crippen LogP) is 2.40. The van der Waals surface area contributed by atoms with E-state index in [1.54, 1.807) is 17.9 Å². The van der Waals surface area contributed by atoms with E-state index in [1.807, 2.05) is 0 Å². The predicted molar refractivity (Wildman–Crippen MR) is 97.8 cm³/mol. The van der Waals surface area contributed by atoms with Gasteiger partial charge in [-0.1, -0.05) is 23.2 Å². The van der Waals surface area contributed by atoms with Crippen LogP contribution in [-0.4, -0.2) is 44.8 Å². The zero-order valence-corrected chi connectivity index (χ0v) is 15.9. The molecule has 0 saturated carbocycles. The number of carbonyl (C=O) groups is 1. The number of hydrogen-bond acceptors (Lipinski definition) is 4. The summed E-state index contributed by atoms with van der Waals surface area (Å²) in [5.41, 5.74) is 0.968. The number of H-pyrrole nitrogens is 1. The first-order chi connectivity index (χ1) is 10.6. The van der Waals surface area contributed by atoms with Crippen LogP contribution in [0.25, 0.3) is 0 Å². The molecule has 2 atom stereocenters. The summed E-state index contributed by atoms with van der Waals surface area (Å²) in [5, 5.41) is 11.1. The molecule has 2 aromatic rings. The zero-order chi connectivity index (χ0) is 15.7. The SMILES string of the molecule is Cc1[nH]c(C(=O)N[C@H]2CCNC[C@H]2n2cncn2)c(Cl)c1Cl.Cl.Cl. The molecule has 0 bridgehead atoms. The van der Waals surface area contributed by atoms with Gasteiger partial charge in [-0.25, -0.2) is 9.67 Å². The minimum Gasteiger partial charge on any atom is -0.352 e. The van der Waals surface area contributed by atoms with Crippen molar-refractivity contribution in [3.63, 3.8) is 0 Å². The number of hydrogen-bond donors (Lipinski definition) is 3. The summed E-state index contributed by atoms with van der Waals surface area (Å²) in [6.07, 6.45) is 3.93. The lowest BCUT2D eigenvalue weighted by Crippen LogP contribution is -2.50. The quantitative estimate of drug-likeness (QED) is 0.718. The Hall–Kier alpha value is -0.990. The number of carbonyl (C=O) groups excluding carboxylic acids is 1. The maximum Gasteiger partial charge on any atom is 0.269 e. The molecule has 3 N–H and O–H groups in total. The van der Waals surface area contributed by atoms with Crippen molar-refractivity contribution in [3.8, 4) is 0 Å². The van der Waals surface area contributed by atoms with Gasteiger partial charge in [-0.15, -0.1) is 24.8 Å². The monoisotopic (exact) mass is 414 g/mol. The Kier molecular flexibility index (Phi) is 7.82. The van der Waals surface area contributed by atoms with Gasteiger partial charge in [0, 0.05) is 12.2 Å². The van der Waals surface area contributed by atoms with Crippen molar-refractivity contribution >= 4 is 53.9 Å². The fourth-order valence-corrected chi connectivity index (χ4v) is 3.06. The third-order valence-electron chi connectivity index (χ3n) is 3.82. The van der Waals surface area contributed by atoms with E-state index < -0.39 is 0 Å². The van der Waals surface area contributed by atoms with Gasteiger partial charge in [0.25, 0.3) is 5.91 Å². The average Bonchev–Trinajstić information content (AvgIpc) is 3.13. The van der Waals surface area contributed by atoms with Crippen molar-refractivity contribution in [2.24, 2.45) is 0 Å². The molecule has 3 rings (SSSR count). The number of rotatable bonds is 3. The summed E-state index contributed by atoms with van der Waals surface area (Å²) in [4.78, 5) is 19.4. The number of amides is 1. The molecule has 1 aliphatic rings. The van der Waals surface area contributed by atoms with Gasteiger partial charge in [-0.2, -0.15) is 5.10 Å². The molecule has 0 aliphatic carbocycles. The molecular formula is C13H18Cl4N6O. The summed E-state index contributed by atoms with van der Waals surface area (Å²) in [7, 11) is 0. The topological polar surface area (TPSA) is 87.6 Å². The number of nitrogens with zero attached hydrogens (tertiary/aromatic N) is 3. The van der Waals surface area contributed by atoms with Crippen LogP contribution in [0.15, 0.2) is 12.7 Å². The summed E-state index contributed by atoms with van der Waals surface area (Å²) >= 11 is 12.1. The minimum atomic E-state index is -0.267.